The average Bonchev–Trinajstić information content (AvgIpc) is 3.41. The molecular formula is C19H24BrN7O2S. The molecule has 1 aliphatic heterocycles. The fraction of sp³-hybridized carbons (Fsp3) is 0.474. The molecule has 160 valence electrons. The molecule has 0 unspecified atom stereocenters. The second-order valence-corrected chi connectivity index (χ2v) is 8.60. The summed E-state index contributed by atoms with van der Waals surface area (Å²) in [5.41, 5.74) is 6.96. The van der Waals surface area contributed by atoms with E-state index in [1.165, 1.54) is 17.8 Å². The van der Waals surface area contributed by atoms with Crippen LogP contribution in [0.25, 0.3) is 15.7 Å². The summed E-state index contributed by atoms with van der Waals surface area (Å²) in [5, 5.41) is 15.4. The van der Waals surface area contributed by atoms with E-state index < -0.39 is 0 Å². The number of anilines is 2. The molecule has 0 radical (unpaired) electrons. The first-order valence-corrected chi connectivity index (χ1v) is 11.8. The van der Waals surface area contributed by atoms with Crippen LogP contribution in [0.4, 0.5) is 11.9 Å². The maximum atomic E-state index is 6.14. The molecule has 2 aromatic heterocycles. The third-order valence-electron chi connectivity index (χ3n) is 4.81. The summed E-state index contributed by atoms with van der Waals surface area (Å²) in [6, 6.07) is 5.72. The van der Waals surface area contributed by atoms with Crippen LogP contribution < -0.4 is 20.1 Å². The smallest absolute Gasteiger partial charge is 0.247 e. The Morgan fingerprint density at radius 2 is 2.03 bits per heavy atom. The van der Waals surface area contributed by atoms with Crippen LogP contribution in [0.15, 0.2) is 18.2 Å². The zero-order chi connectivity index (χ0) is 20.9. The predicted octanol–water partition coefficient (Wildman–Crippen LogP) is 3.53. The van der Waals surface area contributed by atoms with Gasteiger partial charge < -0.3 is 20.1 Å². The predicted molar refractivity (Wildman–Crippen MR) is 121 cm³/mol. The van der Waals surface area contributed by atoms with Crippen LogP contribution in [0.1, 0.15) is 25.7 Å². The molecule has 11 heteroatoms. The van der Waals surface area contributed by atoms with E-state index in [1.54, 1.807) is 11.8 Å². The Labute approximate surface area is 187 Å². The van der Waals surface area contributed by atoms with Gasteiger partial charge in [0.05, 0.1) is 19.3 Å². The van der Waals surface area contributed by atoms with E-state index in [0.29, 0.717) is 40.1 Å². The summed E-state index contributed by atoms with van der Waals surface area (Å²) >= 11 is 4.81. The van der Waals surface area contributed by atoms with Gasteiger partial charge in [-0.2, -0.15) is 9.67 Å². The van der Waals surface area contributed by atoms with Crippen LogP contribution in [-0.2, 0) is 0 Å². The van der Waals surface area contributed by atoms with Gasteiger partial charge in [-0.1, -0.05) is 33.3 Å². The molecule has 9 nitrogen and oxygen atoms in total. The first-order chi connectivity index (χ1) is 14.7. The van der Waals surface area contributed by atoms with Crippen LogP contribution in [0.2, 0.25) is 0 Å². The molecule has 3 aromatic rings. The number of alkyl halides is 1. The van der Waals surface area contributed by atoms with E-state index in [4.69, 9.17) is 15.2 Å². The number of hydrogen-bond acceptors (Lipinski definition) is 9. The van der Waals surface area contributed by atoms with Gasteiger partial charge in [-0.15, -0.1) is 15.3 Å². The molecule has 2 N–H and O–H groups in total. The number of rotatable bonds is 8. The highest BCUT2D eigenvalue weighted by atomic mass is 79.9. The molecule has 0 aliphatic carbocycles. The lowest BCUT2D eigenvalue weighted by Crippen LogP contribution is -2.30. The SMILES string of the molecule is COc1cccc(-c2nnc(-n3nc(N4CCCCC4)nc3N)s2)c1OCCCBr. The number of para-hydroxylation sites is 1. The zero-order valence-corrected chi connectivity index (χ0v) is 19.2. The van der Waals surface area contributed by atoms with E-state index in [1.807, 2.05) is 18.2 Å². The first kappa shape index (κ1) is 20.9. The van der Waals surface area contributed by atoms with Gasteiger partial charge in [-0.3, -0.25) is 0 Å². The number of nitrogens with two attached hydrogens (primary N) is 1. The van der Waals surface area contributed by atoms with Gasteiger partial charge in [0.2, 0.25) is 17.0 Å². The van der Waals surface area contributed by atoms with Crippen molar-refractivity contribution in [3.63, 3.8) is 0 Å². The fourth-order valence-corrected chi connectivity index (χ4v) is 4.37. The number of aromatic nitrogens is 5. The molecule has 0 amide bonds. The summed E-state index contributed by atoms with van der Waals surface area (Å²) in [5.74, 6) is 2.26. The van der Waals surface area contributed by atoms with E-state index in [9.17, 15) is 0 Å². The zero-order valence-electron chi connectivity index (χ0n) is 16.8. The molecule has 0 atom stereocenters. The molecule has 30 heavy (non-hydrogen) atoms. The average molecular weight is 494 g/mol. The van der Waals surface area contributed by atoms with Crippen LogP contribution in [-0.4, -0.2) is 57.1 Å². The number of benzene rings is 1. The topological polar surface area (TPSA) is 104 Å². The molecule has 4 rings (SSSR count). The maximum Gasteiger partial charge on any atom is 0.247 e. The van der Waals surface area contributed by atoms with Crippen LogP contribution >= 0.6 is 27.3 Å². The normalized spacial score (nSPS) is 14.1. The minimum atomic E-state index is 0.303. The van der Waals surface area contributed by atoms with Crippen molar-refractivity contribution in [1.29, 1.82) is 0 Å². The highest BCUT2D eigenvalue weighted by Gasteiger charge is 2.21. The number of nitrogen functional groups attached to an aromatic ring is 1. The molecule has 3 heterocycles. The van der Waals surface area contributed by atoms with Crippen molar-refractivity contribution in [1.82, 2.24) is 25.0 Å². The van der Waals surface area contributed by atoms with Gasteiger partial charge in [-0.05, 0) is 37.8 Å². The Bertz CT molecular complexity index is 987. The Kier molecular flexibility index (Phi) is 6.68. The van der Waals surface area contributed by atoms with Crippen LogP contribution in [0.5, 0.6) is 11.5 Å². The van der Waals surface area contributed by atoms with Gasteiger partial charge in [0.15, 0.2) is 16.5 Å². The van der Waals surface area contributed by atoms with E-state index >= 15 is 0 Å². The van der Waals surface area contributed by atoms with E-state index in [2.05, 4.69) is 41.1 Å². The van der Waals surface area contributed by atoms with E-state index in [0.717, 1.165) is 43.2 Å². The lowest BCUT2D eigenvalue weighted by molar-refractivity contribution is 0.297. The Balaban J connectivity index is 1.63. The number of methoxy groups -OCH3 is 1. The number of ether oxygens (including phenoxy) is 2. The number of nitrogens with zero attached hydrogens (tertiary/aromatic N) is 6. The largest absolute Gasteiger partial charge is 0.493 e. The van der Waals surface area contributed by atoms with Crippen molar-refractivity contribution in [2.75, 3.05) is 42.8 Å². The van der Waals surface area contributed by atoms with Gasteiger partial charge in [0, 0.05) is 18.4 Å². The summed E-state index contributed by atoms with van der Waals surface area (Å²) in [4.78, 5) is 6.60. The lowest BCUT2D eigenvalue weighted by Gasteiger charge is -2.24. The third kappa shape index (κ3) is 4.36. The van der Waals surface area contributed by atoms with Gasteiger partial charge in [0.1, 0.15) is 0 Å². The Hall–Kier alpha value is -2.40. The third-order valence-corrected chi connectivity index (χ3v) is 6.30. The quantitative estimate of drug-likeness (QED) is 0.375. The van der Waals surface area contributed by atoms with Crippen molar-refractivity contribution in [3.05, 3.63) is 18.2 Å². The maximum absolute atomic E-state index is 6.14. The van der Waals surface area contributed by atoms with Crippen molar-refractivity contribution in [2.24, 2.45) is 0 Å². The number of piperidine rings is 1. The van der Waals surface area contributed by atoms with Gasteiger partial charge in [0.25, 0.3) is 0 Å². The molecule has 1 aromatic carbocycles. The van der Waals surface area contributed by atoms with Crippen LogP contribution in [0.3, 0.4) is 0 Å². The molecule has 1 aliphatic rings. The molecule has 0 bridgehead atoms. The summed E-state index contributed by atoms with van der Waals surface area (Å²) in [6.45, 7) is 2.47. The van der Waals surface area contributed by atoms with Crippen molar-refractivity contribution < 1.29 is 9.47 Å². The molecule has 1 fully saturated rings. The first-order valence-electron chi connectivity index (χ1n) is 9.88. The second-order valence-electron chi connectivity index (χ2n) is 6.85. The monoisotopic (exact) mass is 493 g/mol. The number of halogens is 1. The lowest BCUT2D eigenvalue weighted by atomic mass is 10.1. The van der Waals surface area contributed by atoms with Crippen molar-refractivity contribution >= 4 is 39.2 Å². The van der Waals surface area contributed by atoms with E-state index in [-0.39, 0.29) is 0 Å². The Morgan fingerprint density at radius 1 is 1.20 bits per heavy atom. The molecule has 0 saturated carbocycles. The summed E-state index contributed by atoms with van der Waals surface area (Å²) < 4.78 is 13.0. The minimum absolute atomic E-state index is 0.303. The standard InChI is InChI=1S/C19H24BrN7O2S/c1-28-14-8-5-7-13(15(14)29-12-6-9-20)16-23-24-19(30-16)27-17(21)22-18(25-27)26-10-3-2-4-11-26/h5,7-8H,2-4,6,9-12H2,1H3,(H2,21,22,25). The second kappa shape index (κ2) is 9.61. The van der Waals surface area contributed by atoms with Gasteiger partial charge in [-0.25, -0.2) is 0 Å². The molecule has 0 spiro atoms. The summed E-state index contributed by atoms with van der Waals surface area (Å²) in [7, 11) is 1.63. The highest BCUT2D eigenvalue weighted by Crippen LogP contribution is 2.40. The van der Waals surface area contributed by atoms with Crippen LogP contribution in [0, 0.1) is 0 Å². The van der Waals surface area contributed by atoms with Gasteiger partial charge >= 0.3 is 0 Å². The fourth-order valence-electron chi connectivity index (χ4n) is 3.31. The molecule has 1 saturated heterocycles. The number of hydrogen-bond donors (Lipinski definition) is 1. The van der Waals surface area contributed by atoms with Crippen molar-refractivity contribution in [2.45, 2.75) is 25.7 Å². The summed E-state index contributed by atoms with van der Waals surface area (Å²) in [6.07, 6.45) is 4.41. The highest BCUT2D eigenvalue weighted by molar-refractivity contribution is 9.09. The molecular weight excluding hydrogens is 470 g/mol. The minimum Gasteiger partial charge on any atom is -0.493 e. The Morgan fingerprint density at radius 3 is 2.80 bits per heavy atom. The van der Waals surface area contributed by atoms with Crippen molar-refractivity contribution in [3.8, 4) is 27.2 Å².